The van der Waals surface area contributed by atoms with Crippen LogP contribution in [0.15, 0.2) is 42.5 Å². The molecule has 2 aromatic carbocycles. The molecule has 2 heterocycles. The summed E-state index contributed by atoms with van der Waals surface area (Å²) in [5.74, 6) is -3.54. The van der Waals surface area contributed by atoms with E-state index in [2.05, 4.69) is 5.32 Å². The van der Waals surface area contributed by atoms with E-state index in [-0.39, 0.29) is 29.0 Å². The average Bonchev–Trinajstić information content (AvgIpc) is 3.24. The summed E-state index contributed by atoms with van der Waals surface area (Å²) in [5.41, 5.74) is 5.90. The van der Waals surface area contributed by atoms with Gasteiger partial charge in [-0.1, -0.05) is 18.2 Å². The van der Waals surface area contributed by atoms with Crippen LogP contribution in [0.1, 0.15) is 12.8 Å². The molecule has 4 atom stereocenters. The number of ether oxygens (including phenoxy) is 1. The highest BCUT2D eigenvalue weighted by atomic mass is 19.1. The first-order valence-electron chi connectivity index (χ1n) is 8.76. The molecule has 0 saturated carbocycles. The molecule has 5 nitrogen and oxygen atoms in total. The minimum absolute atomic E-state index is 0.101. The van der Waals surface area contributed by atoms with Gasteiger partial charge in [-0.2, -0.15) is 0 Å². The van der Waals surface area contributed by atoms with Crippen molar-refractivity contribution in [2.45, 2.75) is 25.0 Å². The van der Waals surface area contributed by atoms with Crippen molar-refractivity contribution < 1.29 is 23.1 Å². The zero-order valence-corrected chi connectivity index (χ0v) is 14.3. The van der Waals surface area contributed by atoms with Gasteiger partial charge < -0.3 is 15.8 Å². The first-order chi connectivity index (χ1) is 13.0. The van der Waals surface area contributed by atoms with Crippen molar-refractivity contribution in [3.8, 4) is 11.1 Å². The van der Waals surface area contributed by atoms with Gasteiger partial charge in [0.1, 0.15) is 11.6 Å². The minimum atomic E-state index is -0.685. The molecule has 140 valence electrons. The van der Waals surface area contributed by atoms with Crippen LogP contribution < -0.4 is 11.1 Å². The third kappa shape index (κ3) is 3.08. The zero-order chi connectivity index (χ0) is 19.1. The Kier molecular flexibility index (Phi) is 4.39. The Balaban J connectivity index is 1.55. The van der Waals surface area contributed by atoms with Gasteiger partial charge in [0.05, 0.1) is 24.0 Å². The maximum absolute atomic E-state index is 14.5. The molecule has 4 rings (SSSR count). The van der Waals surface area contributed by atoms with Gasteiger partial charge in [0.25, 0.3) is 0 Å². The summed E-state index contributed by atoms with van der Waals surface area (Å²) in [6, 6.07) is 9.92. The average molecular weight is 372 g/mol. The molecular weight excluding hydrogens is 354 g/mol. The van der Waals surface area contributed by atoms with Crippen molar-refractivity contribution in [3.05, 3.63) is 54.1 Å². The third-order valence-corrected chi connectivity index (χ3v) is 5.31. The Labute approximate surface area is 154 Å². The van der Waals surface area contributed by atoms with E-state index in [4.69, 9.17) is 10.5 Å². The first-order valence-corrected chi connectivity index (χ1v) is 8.76. The molecule has 0 spiro atoms. The quantitative estimate of drug-likeness (QED) is 0.866. The number of carbonyl (C=O) groups excluding carboxylic acids is 2. The number of hydrogen-bond acceptors (Lipinski definition) is 3. The fourth-order valence-corrected chi connectivity index (χ4v) is 4.09. The van der Waals surface area contributed by atoms with Gasteiger partial charge >= 0.3 is 0 Å². The lowest BCUT2D eigenvalue weighted by Gasteiger charge is -2.24. The molecule has 2 aliphatic rings. The number of anilines is 1. The normalized spacial score (nSPS) is 26.1. The van der Waals surface area contributed by atoms with E-state index in [1.807, 2.05) is 0 Å². The van der Waals surface area contributed by atoms with E-state index in [1.54, 1.807) is 6.07 Å². The molecule has 0 radical (unpaired) electrons. The standard InChI is InChI=1S/C20H18F2N2O3/c21-13-4-2-1-3-11(13)12-6-5-10(9-14(12)22)24-20(26)18-16-8-7-15(27-16)17(18)19(23)25/h1-6,9,15-18H,7-8H2,(H2,23,25)(H,24,26)/t15-,16+,17-,18+/m1/s1. The van der Waals surface area contributed by atoms with Gasteiger partial charge in [-0.3, -0.25) is 9.59 Å². The number of primary amides is 1. The summed E-state index contributed by atoms with van der Waals surface area (Å²) < 4.78 is 34.0. The molecular formula is C20H18F2N2O3. The number of amides is 2. The van der Waals surface area contributed by atoms with Gasteiger partial charge in [-0.15, -0.1) is 0 Å². The molecule has 27 heavy (non-hydrogen) atoms. The number of benzene rings is 2. The second-order valence-electron chi connectivity index (χ2n) is 6.91. The monoisotopic (exact) mass is 372 g/mol. The number of halogens is 2. The van der Waals surface area contributed by atoms with Crippen molar-refractivity contribution in [1.29, 1.82) is 0 Å². The smallest absolute Gasteiger partial charge is 0.231 e. The molecule has 2 amide bonds. The van der Waals surface area contributed by atoms with E-state index < -0.39 is 35.3 Å². The molecule has 2 aromatic rings. The van der Waals surface area contributed by atoms with Crippen molar-refractivity contribution >= 4 is 17.5 Å². The van der Waals surface area contributed by atoms with Crippen LogP contribution in [0, 0.1) is 23.5 Å². The fourth-order valence-electron chi connectivity index (χ4n) is 4.09. The van der Waals surface area contributed by atoms with E-state index >= 15 is 0 Å². The van der Waals surface area contributed by atoms with Crippen LogP contribution in [0.4, 0.5) is 14.5 Å². The number of fused-ring (bicyclic) bond motifs is 2. The summed E-state index contributed by atoms with van der Waals surface area (Å²) >= 11 is 0. The lowest BCUT2D eigenvalue weighted by atomic mass is 9.78. The number of hydrogen-bond donors (Lipinski definition) is 2. The largest absolute Gasteiger partial charge is 0.373 e. The van der Waals surface area contributed by atoms with Crippen molar-refractivity contribution in [2.24, 2.45) is 17.6 Å². The lowest BCUT2D eigenvalue weighted by Crippen LogP contribution is -2.43. The third-order valence-electron chi connectivity index (χ3n) is 5.31. The van der Waals surface area contributed by atoms with Crippen LogP contribution in [-0.2, 0) is 14.3 Å². The topological polar surface area (TPSA) is 81.4 Å². The van der Waals surface area contributed by atoms with Crippen LogP contribution in [0.3, 0.4) is 0 Å². The van der Waals surface area contributed by atoms with Gasteiger partial charge in [0.15, 0.2) is 0 Å². The van der Waals surface area contributed by atoms with Crippen LogP contribution in [0.5, 0.6) is 0 Å². The van der Waals surface area contributed by atoms with Crippen LogP contribution in [0.25, 0.3) is 11.1 Å². The van der Waals surface area contributed by atoms with Crippen LogP contribution in [-0.4, -0.2) is 24.0 Å². The Morgan fingerprint density at radius 3 is 2.30 bits per heavy atom. The van der Waals surface area contributed by atoms with E-state index in [0.717, 1.165) is 6.07 Å². The molecule has 0 unspecified atom stereocenters. The summed E-state index contributed by atoms with van der Waals surface area (Å²) in [7, 11) is 0. The predicted molar refractivity (Wildman–Crippen MR) is 94.5 cm³/mol. The highest BCUT2D eigenvalue weighted by molar-refractivity contribution is 5.97. The molecule has 0 aromatic heterocycles. The fraction of sp³-hybridized carbons (Fsp3) is 0.300. The Bertz CT molecular complexity index is 918. The maximum Gasteiger partial charge on any atom is 0.231 e. The van der Waals surface area contributed by atoms with Gasteiger partial charge in [-0.25, -0.2) is 8.78 Å². The van der Waals surface area contributed by atoms with E-state index in [1.165, 1.54) is 30.3 Å². The Morgan fingerprint density at radius 2 is 1.63 bits per heavy atom. The van der Waals surface area contributed by atoms with Crippen LogP contribution >= 0.6 is 0 Å². The van der Waals surface area contributed by atoms with Gasteiger partial charge in [-0.05, 0) is 37.1 Å². The first kappa shape index (κ1) is 17.6. The number of rotatable bonds is 4. The summed E-state index contributed by atoms with van der Waals surface area (Å²) in [5, 5.41) is 2.63. The molecule has 3 N–H and O–H groups in total. The zero-order valence-electron chi connectivity index (χ0n) is 14.3. The van der Waals surface area contributed by atoms with Crippen molar-refractivity contribution in [1.82, 2.24) is 0 Å². The van der Waals surface area contributed by atoms with E-state index in [9.17, 15) is 18.4 Å². The summed E-state index contributed by atoms with van der Waals surface area (Å²) in [6.45, 7) is 0. The number of carbonyl (C=O) groups is 2. The molecule has 2 aliphatic heterocycles. The summed E-state index contributed by atoms with van der Waals surface area (Å²) in [4.78, 5) is 24.4. The molecule has 2 bridgehead atoms. The summed E-state index contributed by atoms with van der Waals surface area (Å²) in [6.07, 6.45) is 0.708. The Morgan fingerprint density at radius 1 is 0.963 bits per heavy atom. The predicted octanol–water partition coefficient (Wildman–Crippen LogP) is 2.85. The second kappa shape index (κ2) is 6.74. The number of nitrogens with two attached hydrogens (primary N) is 1. The Hall–Kier alpha value is -2.80. The highest BCUT2D eigenvalue weighted by Gasteiger charge is 2.54. The van der Waals surface area contributed by atoms with Crippen molar-refractivity contribution in [3.63, 3.8) is 0 Å². The second-order valence-corrected chi connectivity index (χ2v) is 6.91. The number of nitrogens with one attached hydrogen (secondary N) is 1. The molecule has 7 heteroatoms. The van der Waals surface area contributed by atoms with Gasteiger partial charge in [0, 0.05) is 16.8 Å². The van der Waals surface area contributed by atoms with Crippen LogP contribution in [0.2, 0.25) is 0 Å². The highest BCUT2D eigenvalue weighted by Crippen LogP contribution is 2.43. The molecule has 2 saturated heterocycles. The van der Waals surface area contributed by atoms with Gasteiger partial charge in [0.2, 0.25) is 11.8 Å². The SMILES string of the molecule is NC(=O)[C@H]1[C@@H](C(=O)Nc2ccc(-c3ccccc3F)c(F)c2)[C@@H]2CC[C@H]1O2. The minimum Gasteiger partial charge on any atom is -0.373 e. The maximum atomic E-state index is 14.5. The van der Waals surface area contributed by atoms with E-state index in [0.29, 0.717) is 12.8 Å². The molecule has 2 fully saturated rings. The molecule has 0 aliphatic carbocycles. The van der Waals surface area contributed by atoms with Crippen molar-refractivity contribution in [2.75, 3.05) is 5.32 Å². The lowest BCUT2D eigenvalue weighted by molar-refractivity contribution is -0.130.